The van der Waals surface area contributed by atoms with Crippen LogP contribution in [0, 0.1) is 12.7 Å². The first kappa shape index (κ1) is 13.5. The highest BCUT2D eigenvalue weighted by Gasteiger charge is 2.12. The fraction of sp³-hybridized carbons (Fsp3) is 0.231. The Morgan fingerprint density at radius 3 is 2.72 bits per heavy atom. The summed E-state index contributed by atoms with van der Waals surface area (Å²) in [5.41, 5.74) is 6.64. The highest BCUT2D eigenvalue weighted by Crippen LogP contribution is 2.27. The normalized spacial score (nSPS) is 12.4. The lowest BCUT2D eigenvalue weighted by atomic mass is 10.2. The number of nitrogens with one attached hydrogen (secondary N) is 1. The van der Waals surface area contributed by atoms with Gasteiger partial charge in [-0.1, -0.05) is 0 Å². The Hall–Kier alpha value is -0.910. The Labute approximate surface area is 118 Å². The second-order valence-corrected chi connectivity index (χ2v) is 6.18. The summed E-state index contributed by atoms with van der Waals surface area (Å²) in [7, 11) is 0. The van der Waals surface area contributed by atoms with E-state index in [2.05, 4.69) is 40.3 Å². The van der Waals surface area contributed by atoms with Crippen LogP contribution in [-0.4, -0.2) is 6.54 Å². The zero-order valence-electron chi connectivity index (χ0n) is 9.91. The predicted octanol–water partition coefficient (Wildman–Crippen LogP) is 4.07. The molecule has 2 rings (SSSR count). The van der Waals surface area contributed by atoms with Crippen molar-refractivity contribution < 1.29 is 4.39 Å². The number of benzene rings is 1. The molecule has 0 saturated heterocycles. The van der Waals surface area contributed by atoms with Gasteiger partial charge in [-0.25, -0.2) is 4.39 Å². The first-order valence-corrected chi connectivity index (χ1v) is 7.19. The molecule has 0 bridgehead atoms. The average molecular weight is 329 g/mol. The van der Waals surface area contributed by atoms with Crippen molar-refractivity contribution in [1.29, 1.82) is 0 Å². The van der Waals surface area contributed by atoms with E-state index in [1.807, 2.05) is 0 Å². The van der Waals surface area contributed by atoms with Gasteiger partial charge in [0.15, 0.2) is 0 Å². The van der Waals surface area contributed by atoms with E-state index < -0.39 is 0 Å². The summed E-state index contributed by atoms with van der Waals surface area (Å²) < 4.78 is 13.6. The topological polar surface area (TPSA) is 38.0 Å². The fourth-order valence-corrected chi connectivity index (χ4v) is 2.99. The molecule has 2 nitrogen and oxygen atoms in total. The zero-order chi connectivity index (χ0) is 13.1. The largest absolute Gasteiger partial charge is 0.376 e. The molecule has 0 aliphatic carbocycles. The van der Waals surface area contributed by atoms with Crippen LogP contribution in [0.2, 0.25) is 0 Å². The Morgan fingerprint density at radius 2 is 2.17 bits per heavy atom. The minimum Gasteiger partial charge on any atom is -0.376 e. The van der Waals surface area contributed by atoms with Gasteiger partial charge in [0.05, 0.1) is 10.5 Å². The second kappa shape index (κ2) is 5.82. The lowest BCUT2D eigenvalue weighted by molar-refractivity contribution is 0.621. The van der Waals surface area contributed by atoms with Crippen LogP contribution in [0.15, 0.2) is 34.8 Å². The van der Waals surface area contributed by atoms with Gasteiger partial charge in [-0.2, -0.15) is 0 Å². The molecule has 3 N–H and O–H groups in total. The minimum atomic E-state index is -0.267. The van der Waals surface area contributed by atoms with E-state index in [4.69, 9.17) is 5.73 Å². The third-order valence-electron chi connectivity index (χ3n) is 2.60. The van der Waals surface area contributed by atoms with Crippen molar-refractivity contribution >= 4 is 33.0 Å². The van der Waals surface area contributed by atoms with Crippen LogP contribution in [0.3, 0.4) is 0 Å². The Bertz CT molecular complexity index is 542. The molecule has 0 aliphatic heterocycles. The number of aryl methyl sites for hydroxylation is 1. The van der Waals surface area contributed by atoms with Gasteiger partial charge in [0.2, 0.25) is 0 Å². The molecule has 1 atom stereocenters. The van der Waals surface area contributed by atoms with Crippen LogP contribution in [-0.2, 0) is 0 Å². The van der Waals surface area contributed by atoms with E-state index in [0.29, 0.717) is 11.0 Å². The highest BCUT2D eigenvalue weighted by atomic mass is 79.9. The molecule has 5 heteroatoms. The molecule has 1 aromatic carbocycles. The molecule has 1 unspecified atom stereocenters. The molecule has 0 spiro atoms. The van der Waals surface area contributed by atoms with Crippen molar-refractivity contribution in [3.63, 3.8) is 0 Å². The van der Waals surface area contributed by atoms with Gasteiger partial charge >= 0.3 is 0 Å². The van der Waals surface area contributed by atoms with Crippen LogP contribution in [0.1, 0.15) is 15.8 Å². The molecular weight excluding hydrogens is 315 g/mol. The number of nitrogens with two attached hydrogens (primary N) is 1. The molecule has 0 aliphatic rings. The number of anilines is 1. The maximum atomic E-state index is 13.1. The van der Waals surface area contributed by atoms with Gasteiger partial charge in [-0.15, -0.1) is 11.3 Å². The number of hydrogen-bond donors (Lipinski definition) is 2. The van der Waals surface area contributed by atoms with Gasteiger partial charge in [0.25, 0.3) is 0 Å². The first-order valence-electron chi connectivity index (χ1n) is 5.58. The SMILES string of the molecule is Cc1ccc(C(CN)Nc2ccc(F)c(Br)c2)s1. The molecule has 18 heavy (non-hydrogen) atoms. The Kier molecular flexibility index (Phi) is 4.37. The maximum absolute atomic E-state index is 13.1. The molecule has 0 fully saturated rings. The van der Waals surface area contributed by atoms with Gasteiger partial charge in [0, 0.05) is 22.0 Å². The quantitative estimate of drug-likeness (QED) is 0.887. The fourth-order valence-electron chi connectivity index (χ4n) is 1.67. The van der Waals surface area contributed by atoms with Crippen LogP contribution >= 0.6 is 27.3 Å². The number of rotatable bonds is 4. The Morgan fingerprint density at radius 1 is 1.39 bits per heavy atom. The van der Waals surface area contributed by atoms with Crippen LogP contribution in [0.5, 0.6) is 0 Å². The summed E-state index contributed by atoms with van der Waals surface area (Å²) in [4.78, 5) is 2.45. The molecule has 2 aromatic rings. The van der Waals surface area contributed by atoms with E-state index in [1.54, 1.807) is 23.5 Å². The predicted molar refractivity (Wildman–Crippen MR) is 78.6 cm³/mol. The van der Waals surface area contributed by atoms with Gasteiger partial charge < -0.3 is 11.1 Å². The van der Waals surface area contributed by atoms with E-state index in [1.165, 1.54) is 15.8 Å². The molecule has 1 aromatic heterocycles. The number of thiophene rings is 1. The smallest absolute Gasteiger partial charge is 0.137 e. The highest BCUT2D eigenvalue weighted by molar-refractivity contribution is 9.10. The summed E-state index contributed by atoms with van der Waals surface area (Å²) in [6, 6.07) is 9.07. The van der Waals surface area contributed by atoms with Crippen molar-refractivity contribution in [2.24, 2.45) is 5.73 Å². The third kappa shape index (κ3) is 3.10. The summed E-state index contributed by atoms with van der Waals surface area (Å²) >= 11 is 4.89. The molecule has 0 saturated carbocycles. The lowest BCUT2D eigenvalue weighted by Crippen LogP contribution is -2.19. The van der Waals surface area contributed by atoms with Crippen molar-refractivity contribution in [3.05, 3.63) is 50.4 Å². The summed E-state index contributed by atoms with van der Waals surface area (Å²) in [5, 5.41) is 3.32. The third-order valence-corrected chi connectivity index (χ3v) is 4.32. The number of hydrogen-bond acceptors (Lipinski definition) is 3. The molecule has 0 radical (unpaired) electrons. The minimum absolute atomic E-state index is 0.0565. The van der Waals surface area contributed by atoms with Gasteiger partial charge in [-0.3, -0.25) is 0 Å². The average Bonchev–Trinajstić information content (AvgIpc) is 2.77. The second-order valence-electron chi connectivity index (χ2n) is 4.01. The molecule has 96 valence electrons. The van der Waals surface area contributed by atoms with Gasteiger partial charge in [-0.05, 0) is 53.2 Å². The molecule has 0 amide bonds. The molecular formula is C13H14BrFN2S. The van der Waals surface area contributed by atoms with Crippen molar-refractivity contribution in [2.45, 2.75) is 13.0 Å². The van der Waals surface area contributed by atoms with Crippen LogP contribution < -0.4 is 11.1 Å². The monoisotopic (exact) mass is 328 g/mol. The van der Waals surface area contributed by atoms with Crippen LogP contribution in [0.4, 0.5) is 10.1 Å². The summed E-state index contributed by atoms with van der Waals surface area (Å²) in [6.07, 6.45) is 0. The standard InChI is InChI=1S/C13H14BrFN2S/c1-8-2-5-13(18-8)12(7-16)17-9-3-4-11(15)10(14)6-9/h2-6,12,17H,7,16H2,1H3. The maximum Gasteiger partial charge on any atom is 0.137 e. The van der Waals surface area contributed by atoms with E-state index in [0.717, 1.165) is 5.69 Å². The van der Waals surface area contributed by atoms with Gasteiger partial charge in [0.1, 0.15) is 5.82 Å². The molecule has 1 heterocycles. The van der Waals surface area contributed by atoms with E-state index in [9.17, 15) is 4.39 Å². The van der Waals surface area contributed by atoms with Crippen LogP contribution in [0.25, 0.3) is 0 Å². The summed E-state index contributed by atoms with van der Waals surface area (Å²) in [6.45, 7) is 2.56. The Balaban J connectivity index is 2.17. The summed E-state index contributed by atoms with van der Waals surface area (Å²) in [5.74, 6) is -0.267. The van der Waals surface area contributed by atoms with Crippen molar-refractivity contribution in [3.8, 4) is 0 Å². The van der Waals surface area contributed by atoms with E-state index in [-0.39, 0.29) is 11.9 Å². The lowest BCUT2D eigenvalue weighted by Gasteiger charge is -2.17. The van der Waals surface area contributed by atoms with Crippen molar-refractivity contribution in [1.82, 2.24) is 0 Å². The first-order chi connectivity index (χ1) is 8.60. The number of halogens is 2. The zero-order valence-corrected chi connectivity index (χ0v) is 12.3. The van der Waals surface area contributed by atoms with E-state index >= 15 is 0 Å². The van der Waals surface area contributed by atoms with Crippen molar-refractivity contribution in [2.75, 3.05) is 11.9 Å².